The molecule has 1 N–H and O–H groups in total. The molecule has 3 nitrogen and oxygen atoms in total. The van der Waals surface area contributed by atoms with Crippen molar-refractivity contribution in [1.82, 2.24) is 15.1 Å². The van der Waals surface area contributed by atoms with Gasteiger partial charge in [-0.25, -0.2) is 0 Å². The normalized spacial score (nSPS) is 32.3. The van der Waals surface area contributed by atoms with Crippen LogP contribution in [0, 0.1) is 0 Å². The highest BCUT2D eigenvalue weighted by atomic mass is 15.2. The average Bonchev–Trinajstić information content (AvgIpc) is 2.65. The van der Waals surface area contributed by atoms with Crippen LogP contribution in [0.5, 0.6) is 0 Å². The van der Waals surface area contributed by atoms with Crippen LogP contribution in [0.2, 0.25) is 0 Å². The largest absolute Gasteiger partial charge is 0.313 e. The Morgan fingerprint density at radius 1 is 1.11 bits per heavy atom. The zero-order chi connectivity index (χ0) is 12.8. The monoisotopic (exact) mass is 253 g/mol. The molecular formula is C15H31N3. The fourth-order valence-corrected chi connectivity index (χ4v) is 3.52. The van der Waals surface area contributed by atoms with Crippen LogP contribution in [0.1, 0.15) is 46.0 Å². The Bertz CT molecular complexity index is 232. The van der Waals surface area contributed by atoms with Crippen molar-refractivity contribution in [3.63, 3.8) is 0 Å². The van der Waals surface area contributed by atoms with Gasteiger partial charge in [0.05, 0.1) is 0 Å². The predicted molar refractivity (Wildman–Crippen MR) is 78.0 cm³/mol. The molecule has 106 valence electrons. The quantitative estimate of drug-likeness (QED) is 0.826. The SMILES string of the molecule is CCCC1CN(C2CCCN(CC)C2)CCCN1. The lowest BCUT2D eigenvalue weighted by molar-refractivity contribution is 0.0981. The minimum atomic E-state index is 0.731. The van der Waals surface area contributed by atoms with Gasteiger partial charge in [0.15, 0.2) is 0 Å². The Kier molecular flexibility index (Phi) is 5.93. The van der Waals surface area contributed by atoms with Crippen molar-refractivity contribution in [2.45, 2.75) is 58.0 Å². The Balaban J connectivity index is 1.88. The number of nitrogens with one attached hydrogen (secondary N) is 1. The predicted octanol–water partition coefficient (Wildman–Crippen LogP) is 1.93. The molecule has 2 rings (SSSR count). The summed E-state index contributed by atoms with van der Waals surface area (Å²) in [4.78, 5) is 5.41. The number of likely N-dealkylation sites (N-methyl/N-ethyl adjacent to an activating group) is 1. The Morgan fingerprint density at radius 2 is 2.00 bits per heavy atom. The van der Waals surface area contributed by atoms with Gasteiger partial charge in [-0.05, 0) is 51.9 Å². The van der Waals surface area contributed by atoms with Gasteiger partial charge in [0.25, 0.3) is 0 Å². The number of hydrogen-bond acceptors (Lipinski definition) is 3. The van der Waals surface area contributed by atoms with Gasteiger partial charge in [-0.3, -0.25) is 4.90 Å². The minimum Gasteiger partial charge on any atom is -0.313 e. The van der Waals surface area contributed by atoms with Crippen LogP contribution >= 0.6 is 0 Å². The van der Waals surface area contributed by atoms with Gasteiger partial charge in [-0.2, -0.15) is 0 Å². The molecule has 0 aliphatic carbocycles. The summed E-state index contributed by atoms with van der Waals surface area (Å²) in [7, 11) is 0. The highest BCUT2D eigenvalue weighted by molar-refractivity contribution is 4.85. The third-order valence-corrected chi connectivity index (χ3v) is 4.59. The van der Waals surface area contributed by atoms with E-state index in [1.165, 1.54) is 71.4 Å². The summed E-state index contributed by atoms with van der Waals surface area (Å²) in [5, 5.41) is 3.72. The van der Waals surface area contributed by atoms with Crippen LogP contribution in [-0.2, 0) is 0 Å². The lowest BCUT2D eigenvalue weighted by Crippen LogP contribution is -2.50. The van der Waals surface area contributed by atoms with E-state index in [1.54, 1.807) is 0 Å². The topological polar surface area (TPSA) is 18.5 Å². The maximum Gasteiger partial charge on any atom is 0.0224 e. The number of rotatable bonds is 4. The highest BCUT2D eigenvalue weighted by Gasteiger charge is 2.27. The molecular weight excluding hydrogens is 222 g/mol. The van der Waals surface area contributed by atoms with E-state index in [2.05, 4.69) is 29.0 Å². The molecule has 2 fully saturated rings. The van der Waals surface area contributed by atoms with Gasteiger partial charge in [0.2, 0.25) is 0 Å². The Labute approximate surface area is 113 Å². The van der Waals surface area contributed by atoms with E-state index in [9.17, 15) is 0 Å². The summed E-state index contributed by atoms with van der Waals surface area (Å²) >= 11 is 0. The molecule has 0 radical (unpaired) electrons. The second kappa shape index (κ2) is 7.46. The van der Waals surface area contributed by atoms with Crippen molar-refractivity contribution >= 4 is 0 Å². The van der Waals surface area contributed by atoms with Crippen LogP contribution in [-0.4, -0.2) is 61.2 Å². The molecule has 18 heavy (non-hydrogen) atoms. The van der Waals surface area contributed by atoms with E-state index in [-0.39, 0.29) is 0 Å². The molecule has 2 aliphatic rings. The molecule has 0 bridgehead atoms. The number of hydrogen-bond donors (Lipinski definition) is 1. The van der Waals surface area contributed by atoms with Crippen molar-refractivity contribution < 1.29 is 0 Å². The molecule has 2 aliphatic heterocycles. The molecule has 0 spiro atoms. The van der Waals surface area contributed by atoms with Crippen molar-refractivity contribution in [2.75, 3.05) is 39.3 Å². The smallest absolute Gasteiger partial charge is 0.0224 e. The van der Waals surface area contributed by atoms with E-state index in [1.807, 2.05) is 0 Å². The second-order valence-corrected chi connectivity index (χ2v) is 5.98. The molecule has 2 unspecified atom stereocenters. The fourth-order valence-electron chi connectivity index (χ4n) is 3.52. The first kappa shape index (κ1) is 14.3. The van der Waals surface area contributed by atoms with E-state index in [0.717, 1.165) is 12.1 Å². The molecule has 0 aromatic rings. The summed E-state index contributed by atoms with van der Waals surface area (Å²) in [6.45, 7) is 12.2. The van der Waals surface area contributed by atoms with Crippen LogP contribution < -0.4 is 5.32 Å². The average molecular weight is 253 g/mol. The van der Waals surface area contributed by atoms with E-state index in [0.29, 0.717) is 0 Å². The van der Waals surface area contributed by atoms with Crippen molar-refractivity contribution in [1.29, 1.82) is 0 Å². The lowest BCUT2D eigenvalue weighted by atomic mass is 10.0. The van der Waals surface area contributed by atoms with Gasteiger partial charge in [-0.1, -0.05) is 20.3 Å². The van der Waals surface area contributed by atoms with Crippen LogP contribution in [0.15, 0.2) is 0 Å². The molecule has 2 heterocycles. The summed E-state index contributed by atoms with van der Waals surface area (Å²) < 4.78 is 0. The van der Waals surface area contributed by atoms with Gasteiger partial charge in [0, 0.05) is 25.2 Å². The van der Waals surface area contributed by atoms with Crippen molar-refractivity contribution in [2.24, 2.45) is 0 Å². The summed E-state index contributed by atoms with van der Waals surface area (Å²) in [6.07, 6.45) is 6.76. The molecule has 0 aromatic heterocycles. The zero-order valence-electron chi connectivity index (χ0n) is 12.3. The van der Waals surface area contributed by atoms with E-state index in [4.69, 9.17) is 0 Å². The highest BCUT2D eigenvalue weighted by Crippen LogP contribution is 2.18. The maximum absolute atomic E-state index is 3.72. The molecule has 0 amide bonds. The van der Waals surface area contributed by atoms with Crippen LogP contribution in [0.3, 0.4) is 0 Å². The van der Waals surface area contributed by atoms with E-state index < -0.39 is 0 Å². The standard InChI is InChI=1S/C15H31N3/c1-3-7-14-12-18(11-6-9-16-14)15-8-5-10-17(4-2)13-15/h14-16H,3-13H2,1-2H3. The Hall–Kier alpha value is -0.120. The number of nitrogens with zero attached hydrogens (tertiary/aromatic N) is 2. The third-order valence-electron chi connectivity index (χ3n) is 4.59. The lowest BCUT2D eigenvalue weighted by Gasteiger charge is -2.39. The molecule has 0 aromatic carbocycles. The first-order chi connectivity index (χ1) is 8.83. The number of piperidine rings is 1. The molecule has 2 atom stereocenters. The molecule has 3 heteroatoms. The van der Waals surface area contributed by atoms with Crippen LogP contribution in [0.4, 0.5) is 0 Å². The first-order valence-electron chi connectivity index (χ1n) is 8.03. The number of likely N-dealkylation sites (tertiary alicyclic amines) is 1. The summed E-state index contributed by atoms with van der Waals surface area (Å²) in [5.74, 6) is 0. The zero-order valence-corrected chi connectivity index (χ0v) is 12.3. The van der Waals surface area contributed by atoms with Gasteiger partial charge in [-0.15, -0.1) is 0 Å². The first-order valence-corrected chi connectivity index (χ1v) is 8.03. The van der Waals surface area contributed by atoms with Gasteiger partial charge in [0.1, 0.15) is 0 Å². The van der Waals surface area contributed by atoms with Gasteiger partial charge < -0.3 is 10.2 Å². The van der Waals surface area contributed by atoms with Crippen LogP contribution in [0.25, 0.3) is 0 Å². The minimum absolute atomic E-state index is 0.731. The molecule has 2 saturated heterocycles. The fraction of sp³-hybridized carbons (Fsp3) is 1.00. The third kappa shape index (κ3) is 3.94. The van der Waals surface area contributed by atoms with E-state index >= 15 is 0 Å². The molecule has 0 saturated carbocycles. The van der Waals surface area contributed by atoms with Crippen molar-refractivity contribution in [3.8, 4) is 0 Å². The summed E-state index contributed by atoms with van der Waals surface area (Å²) in [6, 6.07) is 1.55. The summed E-state index contributed by atoms with van der Waals surface area (Å²) in [5.41, 5.74) is 0. The van der Waals surface area contributed by atoms with Gasteiger partial charge >= 0.3 is 0 Å². The second-order valence-electron chi connectivity index (χ2n) is 5.98. The van der Waals surface area contributed by atoms with Crippen molar-refractivity contribution in [3.05, 3.63) is 0 Å². The maximum atomic E-state index is 3.72. The Morgan fingerprint density at radius 3 is 2.78 bits per heavy atom.